The summed E-state index contributed by atoms with van der Waals surface area (Å²) < 4.78 is 8.80. The molecule has 0 amide bonds. The molecule has 0 bridgehead atoms. The molecule has 0 radical (unpaired) electrons. The van der Waals surface area contributed by atoms with E-state index in [1.807, 2.05) is 0 Å². The molecule has 0 saturated carbocycles. The number of hydrogen-bond donors (Lipinski definition) is 1. The lowest BCUT2D eigenvalue weighted by Gasteiger charge is -2.02. The first-order valence-corrected chi connectivity index (χ1v) is 3.33. The van der Waals surface area contributed by atoms with Crippen LogP contribution < -0.4 is 0 Å². The SMILES string of the molecule is O=C(O)OCCOCCO[N+](=O)[O-]. The average molecular weight is 195 g/mol. The van der Waals surface area contributed by atoms with Crippen LogP contribution in [0.5, 0.6) is 0 Å². The molecule has 0 atom stereocenters. The highest BCUT2D eigenvalue weighted by molar-refractivity contribution is 5.56. The Balaban J connectivity index is 3.00. The van der Waals surface area contributed by atoms with E-state index in [4.69, 9.17) is 9.84 Å². The summed E-state index contributed by atoms with van der Waals surface area (Å²) in [7, 11) is 0. The van der Waals surface area contributed by atoms with Gasteiger partial charge in [-0.25, -0.2) is 4.79 Å². The Bertz CT molecular complexity index is 152. The maximum absolute atomic E-state index is 9.79. The Morgan fingerprint density at radius 2 is 1.92 bits per heavy atom. The van der Waals surface area contributed by atoms with Gasteiger partial charge in [-0.15, -0.1) is 10.1 Å². The lowest BCUT2D eigenvalue weighted by Crippen LogP contribution is -2.12. The van der Waals surface area contributed by atoms with Crippen molar-refractivity contribution in [3.63, 3.8) is 0 Å². The second-order valence-electron chi connectivity index (χ2n) is 1.78. The molecule has 0 aliphatic carbocycles. The Morgan fingerprint density at radius 1 is 1.31 bits per heavy atom. The van der Waals surface area contributed by atoms with Crippen LogP contribution in [0, 0.1) is 10.1 Å². The molecule has 76 valence electrons. The molecule has 0 aromatic heterocycles. The predicted octanol–water partition coefficient (Wildman–Crippen LogP) is -0.0941. The number of ether oxygens (including phenoxy) is 2. The third kappa shape index (κ3) is 10.4. The van der Waals surface area contributed by atoms with Crippen LogP contribution in [0.15, 0.2) is 0 Å². The standard InChI is InChI=1S/C5H9NO7/c7-5(8)12-3-1-11-2-4-13-6(9)10/h1-4H2,(H,7,8). The van der Waals surface area contributed by atoms with E-state index in [1.165, 1.54) is 0 Å². The fourth-order valence-electron chi connectivity index (χ4n) is 0.461. The van der Waals surface area contributed by atoms with Crippen LogP contribution in [0.2, 0.25) is 0 Å². The summed E-state index contributed by atoms with van der Waals surface area (Å²) in [6, 6.07) is 0. The summed E-state index contributed by atoms with van der Waals surface area (Å²) in [5.74, 6) is 0. The molecule has 0 aromatic rings. The molecule has 8 heteroatoms. The van der Waals surface area contributed by atoms with Gasteiger partial charge in [0.25, 0.3) is 5.09 Å². The lowest BCUT2D eigenvalue weighted by molar-refractivity contribution is -0.758. The predicted molar refractivity (Wildman–Crippen MR) is 37.7 cm³/mol. The third-order valence-corrected chi connectivity index (χ3v) is 0.878. The maximum Gasteiger partial charge on any atom is 0.505 e. The minimum absolute atomic E-state index is 0.0178. The van der Waals surface area contributed by atoms with E-state index in [9.17, 15) is 14.9 Å². The Labute approximate surface area is 73.1 Å². The van der Waals surface area contributed by atoms with E-state index >= 15 is 0 Å². The van der Waals surface area contributed by atoms with Crippen molar-refractivity contribution < 1.29 is 29.3 Å². The zero-order chi connectivity index (χ0) is 10.1. The molecule has 8 nitrogen and oxygen atoms in total. The van der Waals surface area contributed by atoms with Crippen LogP contribution in [0.4, 0.5) is 4.79 Å². The minimum atomic E-state index is -1.38. The molecule has 0 aliphatic heterocycles. The maximum atomic E-state index is 9.79. The summed E-state index contributed by atoms with van der Waals surface area (Å²) >= 11 is 0. The van der Waals surface area contributed by atoms with Gasteiger partial charge >= 0.3 is 6.16 Å². The van der Waals surface area contributed by atoms with Crippen LogP contribution in [-0.2, 0) is 14.3 Å². The topological polar surface area (TPSA) is 108 Å². The summed E-state index contributed by atoms with van der Waals surface area (Å²) in [5.41, 5.74) is 0. The number of carboxylic acid groups (broad SMARTS) is 1. The zero-order valence-electron chi connectivity index (χ0n) is 6.67. The number of rotatable bonds is 7. The van der Waals surface area contributed by atoms with E-state index in [2.05, 4.69) is 9.57 Å². The summed E-state index contributed by atoms with van der Waals surface area (Å²) in [6.07, 6.45) is -1.38. The second-order valence-corrected chi connectivity index (χ2v) is 1.78. The van der Waals surface area contributed by atoms with Crippen molar-refractivity contribution >= 4 is 6.16 Å². The van der Waals surface area contributed by atoms with Crippen LogP contribution in [0.25, 0.3) is 0 Å². The molecule has 0 aromatic carbocycles. The molecule has 0 spiro atoms. The number of hydrogen-bond acceptors (Lipinski definition) is 6. The van der Waals surface area contributed by atoms with E-state index in [-0.39, 0.29) is 26.4 Å². The van der Waals surface area contributed by atoms with Gasteiger partial charge in [0.15, 0.2) is 0 Å². The Hall–Kier alpha value is -1.57. The van der Waals surface area contributed by atoms with Crippen molar-refractivity contribution in [2.75, 3.05) is 26.4 Å². The number of carbonyl (C=O) groups is 1. The van der Waals surface area contributed by atoms with Crippen molar-refractivity contribution in [2.24, 2.45) is 0 Å². The molecule has 0 heterocycles. The third-order valence-electron chi connectivity index (χ3n) is 0.878. The largest absolute Gasteiger partial charge is 0.505 e. The van der Waals surface area contributed by atoms with E-state index in [1.54, 1.807) is 0 Å². The van der Waals surface area contributed by atoms with E-state index in [0.717, 1.165) is 0 Å². The van der Waals surface area contributed by atoms with Gasteiger partial charge in [-0.2, -0.15) is 0 Å². The van der Waals surface area contributed by atoms with E-state index in [0.29, 0.717) is 0 Å². The van der Waals surface area contributed by atoms with Gasteiger partial charge in [-0.05, 0) is 0 Å². The molecule has 1 N–H and O–H groups in total. The first-order valence-electron chi connectivity index (χ1n) is 3.33. The molecule has 0 unspecified atom stereocenters. The monoisotopic (exact) mass is 195 g/mol. The zero-order valence-corrected chi connectivity index (χ0v) is 6.67. The van der Waals surface area contributed by atoms with Crippen molar-refractivity contribution in [1.82, 2.24) is 0 Å². The molecule has 0 fully saturated rings. The van der Waals surface area contributed by atoms with Gasteiger partial charge in [0.2, 0.25) is 0 Å². The van der Waals surface area contributed by atoms with Gasteiger partial charge in [-0.1, -0.05) is 0 Å². The molecule has 0 rings (SSSR count). The van der Waals surface area contributed by atoms with Gasteiger partial charge in [0.05, 0.1) is 13.2 Å². The second kappa shape index (κ2) is 7.10. The molecular formula is C5H9NO7. The van der Waals surface area contributed by atoms with Crippen molar-refractivity contribution in [1.29, 1.82) is 0 Å². The van der Waals surface area contributed by atoms with Crippen LogP contribution in [-0.4, -0.2) is 42.8 Å². The Morgan fingerprint density at radius 3 is 2.46 bits per heavy atom. The van der Waals surface area contributed by atoms with Crippen LogP contribution in [0.3, 0.4) is 0 Å². The van der Waals surface area contributed by atoms with Gasteiger partial charge in [0.1, 0.15) is 13.2 Å². The summed E-state index contributed by atoms with van der Waals surface area (Å²) in [5, 5.41) is 16.7. The quantitative estimate of drug-likeness (QED) is 0.261. The minimum Gasteiger partial charge on any atom is -0.450 e. The van der Waals surface area contributed by atoms with Gasteiger partial charge < -0.3 is 19.4 Å². The highest BCUT2D eigenvalue weighted by Gasteiger charge is 1.96. The smallest absolute Gasteiger partial charge is 0.450 e. The summed E-state index contributed by atoms with van der Waals surface area (Å²) in [6.45, 7) is -0.217. The molecule has 13 heavy (non-hydrogen) atoms. The fraction of sp³-hybridized carbons (Fsp3) is 0.800. The number of nitrogens with zero attached hydrogens (tertiary/aromatic N) is 1. The lowest BCUT2D eigenvalue weighted by atomic mass is 10.7. The normalized spacial score (nSPS) is 9.23. The van der Waals surface area contributed by atoms with Gasteiger partial charge in [-0.3, -0.25) is 0 Å². The van der Waals surface area contributed by atoms with Crippen molar-refractivity contribution in [3.05, 3.63) is 10.1 Å². The molecule has 0 saturated heterocycles. The van der Waals surface area contributed by atoms with Crippen molar-refractivity contribution in [2.45, 2.75) is 0 Å². The highest BCUT2D eigenvalue weighted by atomic mass is 17.0. The molecule has 0 aliphatic rings. The van der Waals surface area contributed by atoms with Crippen LogP contribution >= 0.6 is 0 Å². The highest BCUT2D eigenvalue weighted by Crippen LogP contribution is 1.81. The Kier molecular flexibility index (Phi) is 6.24. The average Bonchev–Trinajstić information content (AvgIpc) is 2.01. The molecular weight excluding hydrogens is 186 g/mol. The van der Waals surface area contributed by atoms with Crippen molar-refractivity contribution in [3.8, 4) is 0 Å². The summed E-state index contributed by atoms with van der Waals surface area (Å²) in [4.78, 5) is 23.3. The first kappa shape index (κ1) is 11.4. The first-order chi connectivity index (χ1) is 6.13. The fourth-order valence-corrected chi connectivity index (χ4v) is 0.461. The van der Waals surface area contributed by atoms with E-state index < -0.39 is 11.2 Å². The van der Waals surface area contributed by atoms with Gasteiger partial charge in [0, 0.05) is 0 Å². The van der Waals surface area contributed by atoms with Crippen LogP contribution in [0.1, 0.15) is 0 Å².